The number of nitro groups is 1. The van der Waals surface area contributed by atoms with Gasteiger partial charge in [0.25, 0.3) is 5.91 Å². The van der Waals surface area contributed by atoms with Crippen molar-refractivity contribution in [1.29, 1.82) is 0 Å². The Hall–Kier alpha value is -2.18. The zero-order valence-electron chi connectivity index (χ0n) is 9.64. The number of aromatic nitrogens is 1. The van der Waals surface area contributed by atoms with Crippen molar-refractivity contribution < 1.29 is 9.72 Å². The molecule has 0 spiro atoms. The quantitative estimate of drug-likeness (QED) is 0.602. The Balaban J connectivity index is 3.00. The third-order valence-corrected chi connectivity index (χ3v) is 2.34. The van der Waals surface area contributed by atoms with Crippen molar-refractivity contribution in [2.24, 2.45) is 0 Å². The molecule has 0 saturated carbocycles. The molecular weight excluding hydrogens is 224 g/mol. The van der Waals surface area contributed by atoms with Crippen molar-refractivity contribution in [1.82, 2.24) is 10.3 Å². The van der Waals surface area contributed by atoms with Crippen LogP contribution in [0.4, 0.5) is 11.5 Å². The molecule has 0 aromatic carbocycles. The van der Waals surface area contributed by atoms with Gasteiger partial charge in [0.2, 0.25) is 0 Å². The second-order valence-electron chi connectivity index (χ2n) is 3.67. The lowest BCUT2D eigenvalue weighted by Crippen LogP contribution is -2.32. The summed E-state index contributed by atoms with van der Waals surface area (Å²) in [5.41, 5.74) is 5.76. The molecule has 1 aromatic heterocycles. The molecule has 1 amide bonds. The Morgan fingerprint density at radius 3 is 2.88 bits per heavy atom. The minimum atomic E-state index is -0.667. The first kappa shape index (κ1) is 12.9. The summed E-state index contributed by atoms with van der Waals surface area (Å²) in [6.45, 7) is 3.76. The number of pyridine rings is 1. The maximum atomic E-state index is 11.8. The Bertz CT molecular complexity index is 447. The van der Waals surface area contributed by atoms with Crippen molar-refractivity contribution >= 4 is 17.4 Å². The van der Waals surface area contributed by atoms with Crippen LogP contribution in [-0.4, -0.2) is 21.9 Å². The Morgan fingerprint density at radius 1 is 1.71 bits per heavy atom. The van der Waals surface area contributed by atoms with Crippen LogP contribution in [0.25, 0.3) is 0 Å². The highest BCUT2D eigenvalue weighted by Gasteiger charge is 2.17. The average molecular weight is 238 g/mol. The number of nitrogen functional groups attached to an aromatic ring is 1. The first-order valence-corrected chi connectivity index (χ1v) is 5.16. The van der Waals surface area contributed by atoms with Gasteiger partial charge in [0.15, 0.2) is 6.20 Å². The zero-order valence-corrected chi connectivity index (χ0v) is 9.64. The van der Waals surface area contributed by atoms with E-state index < -0.39 is 16.6 Å². The Kier molecular flexibility index (Phi) is 3.97. The van der Waals surface area contributed by atoms with Crippen LogP contribution in [0.15, 0.2) is 12.3 Å². The molecule has 7 heteroatoms. The van der Waals surface area contributed by atoms with E-state index in [0.717, 1.165) is 18.7 Å². The number of rotatable bonds is 4. The number of amides is 1. The van der Waals surface area contributed by atoms with Crippen LogP contribution in [0.1, 0.15) is 30.6 Å². The third-order valence-electron chi connectivity index (χ3n) is 2.34. The van der Waals surface area contributed by atoms with E-state index in [1.54, 1.807) is 0 Å². The Labute approximate surface area is 98.2 Å². The maximum absolute atomic E-state index is 11.8. The molecule has 0 radical (unpaired) electrons. The number of nitrogens with two attached hydrogens (primary N) is 1. The molecule has 7 nitrogen and oxygen atoms in total. The highest BCUT2D eigenvalue weighted by Crippen LogP contribution is 2.16. The highest BCUT2D eigenvalue weighted by atomic mass is 16.6. The second kappa shape index (κ2) is 5.24. The van der Waals surface area contributed by atoms with Crippen molar-refractivity contribution in [2.45, 2.75) is 26.3 Å². The predicted octanol–water partition coefficient (Wildman–Crippen LogP) is 1.10. The van der Waals surface area contributed by atoms with Crippen molar-refractivity contribution in [3.8, 4) is 0 Å². The minimum Gasteiger partial charge on any atom is -0.395 e. The predicted molar refractivity (Wildman–Crippen MR) is 62.5 cm³/mol. The molecule has 1 aromatic rings. The summed E-state index contributed by atoms with van der Waals surface area (Å²) in [4.78, 5) is 25.2. The molecule has 1 unspecified atom stereocenters. The lowest BCUT2D eigenvalue weighted by atomic mass is 10.2. The molecule has 1 rings (SSSR count). The van der Waals surface area contributed by atoms with Gasteiger partial charge in [-0.1, -0.05) is 6.92 Å². The lowest BCUT2D eigenvalue weighted by molar-refractivity contribution is -0.389. The largest absolute Gasteiger partial charge is 0.395 e. The van der Waals surface area contributed by atoms with E-state index in [9.17, 15) is 14.9 Å². The monoisotopic (exact) mass is 238 g/mol. The molecule has 92 valence electrons. The average Bonchev–Trinajstić information content (AvgIpc) is 2.28. The van der Waals surface area contributed by atoms with E-state index in [2.05, 4.69) is 10.3 Å². The van der Waals surface area contributed by atoms with Crippen LogP contribution in [0.5, 0.6) is 0 Å². The van der Waals surface area contributed by atoms with Gasteiger partial charge < -0.3 is 21.2 Å². The van der Waals surface area contributed by atoms with Gasteiger partial charge >= 0.3 is 5.82 Å². The molecule has 17 heavy (non-hydrogen) atoms. The van der Waals surface area contributed by atoms with Crippen molar-refractivity contribution in [3.05, 3.63) is 27.9 Å². The number of carbonyl (C=O) groups excluding carboxylic acids is 1. The van der Waals surface area contributed by atoms with E-state index in [-0.39, 0.29) is 17.3 Å². The standard InChI is InChI=1S/C10H14N4O3/c1-3-6(2)13-10(15)7-4-9(14(16)17)12-5-8(7)11/h4-6H,3,11H2,1-2H3,(H,13,15). The molecular formula is C10H14N4O3. The number of nitrogens with zero attached hydrogens (tertiary/aromatic N) is 2. The van der Waals surface area contributed by atoms with Crippen molar-refractivity contribution in [3.63, 3.8) is 0 Å². The van der Waals surface area contributed by atoms with E-state index in [4.69, 9.17) is 5.73 Å². The van der Waals surface area contributed by atoms with E-state index in [1.165, 1.54) is 0 Å². The topological polar surface area (TPSA) is 111 Å². The van der Waals surface area contributed by atoms with E-state index in [0.29, 0.717) is 0 Å². The molecule has 0 fully saturated rings. The van der Waals surface area contributed by atoms with Gasteiger partial charge in [-0.05, 0) is 23.3 Å². The van der Waals surface area contributed by atoms with Gasteiger partial charge in [0.05, 0.1) is 17.3 Å². The van der Waals surface area contributed by atoms with Gasteiger partial charge in [-0.2, -0.15) is 0 Å². The third kappa shape index (κ3) is 3.13. The number of carbonyl (C=O) groups is 1. The molecule has 0 aliphatic carbocycles. The molecule has 0 aliphatic heterocycles. The normalized spacial score (nSPS) is 11.9. The summed E-state index contributed by atoms with van der Waals surface area (Å²) >= 11 is 0. The summed E-state index contributed by atoms with van der Waals surface area (Å²) in [6.07, 6.45) is 1.88. The van der Waals surface area contributed by atoms with Crippen molar-refractivity contribution in [2.75, 3.05) is 5.73 Å². The van der Waals surface area contributed by atoms with Gasteiger partial charge in [-0.15, -0.1) is 0 Å². The Morgan fingerprint density at radius 2 is 2.35 bits per heavy atom. The summed E-state index contributed by atoms with van der Waals surface area (Å²) in [7, 11) is 0. The number of hydrogen-bond acceptors (Lipinski definition) is 5. The molecule has 1 atom stereocenters. The highest BCUT2D eigenvalue weighted by molar-refractivity contribution is 5.99. The first-order chi connectivity index (χ1) is 7.95. The fourth-order valence-electron chi connectivity index (χ4n) is 1.16. The summed E-state index contributed by atoms with van der Waals surface area (Å²) in [5.74, 6) is -0.823. The zero-order chi connectivity index (χ0) is 13.0. The van der Waals surface area contributed by atoms with Crippen LogP contribution < -0.4 is 11.1 Å². The fourth-order valence-corrected chi connectivity index (χ4v) is 1.16. The van der Waals surface area contributed by atoms with Gasteiger partial charge in [-0.25, -0.2) is 0 Å². The number of anilines is 1. The van der Waals surface area contributed by atoms with Crippen LogP contribution in [0, 0.1) is 10.1 Å². The minimum absolute atomic E-state index is 0.0193. The maximum Gasteiger partial charge on any atom is 0.364 e. The molecule has 3 N–H and O–H groups in total. The molecule has 0 bridgehead atoms. The van der Waals surface area contributed by atoms with E-state index >= 15 is 0 Å². The van der Waals surface area contributed by atoms with Crippen LogP contribution in [0.2, 0.25) is 0 Å². The first-order valence-electron chi connectivity index (χ1n) is 5.16. The molecule has 0 aliphatic rings. The van der Waals surface area contributed by atoms with Gasteiger partial charge in [0, 0.05) is 6.04 Å². The van der Waals surface area contributed by atoms with E-state index in [1.807, 2.05) is 13.8 Å². The fraction of sp³-hybridized carbons (Fsp3) is 0.400. The van der Waals surface area contributed by atoms with Gasteiger partial charge in [0.1, 0.15) is 0 Å². The van der Waals surface area contributed by atoms with Crippen LogP contribution in [-0.2, 0) is 0 Å². The summed E-state index contributed by atoms with van der Waals surface area (Å²) in [5, 5.41) is 13.2. The summed E-state index contributed by atoms with van der Waals surface area (Å²) < 4.78 is 0. The van der Waals surface area contributed by atoms with Gasteiger partial charge in [-0.3, -0.25) is 4.79 Å². The second-order valence-corrected chi connectivity index (χ2v) is 3.67. The molecule has 0 saturated heterocycles. The van der Waals surface area contributed by atoms with Crippen LogP contribution in [0.3, 0.4) is 0 Å². The molecule has 1 heterocycles. The smallest absolute Gasteiger partial charge is 0.364 e. The lowest BCUT2D eigenvalue weighted by Gasteiger charge is -2.11. The number of hydrogen-bond donors (Lipinski definition) is 2. The van der Waals surface area contributed by atoms with Crippen LogP contribution >= 0.6 is 0 Å². The number of nitrogens with one attached hydrogen (secondary N) is 1. The SMILES string of the molecule is CCC(C)NC(=O)c1cc([N+](=O)[O-])ncc1N. The summed E-state index contributed by atoms with van der Waals surface area (Å²) in [6, 6.07) is 1.06.